The maximum atomic E-state index is 12.9. The number of hydrogen-bond donors (Lipinski definition) is 0. The summed E-state index contributed by atoms with van der Waals surface area (Å²) in [6, 6.07) is 9.83. The zero-order valence-electron chi connectivity index (χ0n) is 14.9. The van der Waals surface area contributed by atoms with Crippen LogP contribution in [0.4, 0.5) is 0 Å². The van der Waals surface area contributed by atoms with Crippen LogP contribution in [0.15, 0.2) is 24.3 Å². The molecule has 1 spiro atoms. The number of nitrogens with zero attached hydrogens (tertiary/aromatic N) is 3. The SMILES string of the molecule is COc1ccc(CN2CC3(C[C@H](C#N)CN3C(=O)C(C)C)C2=O)cc1. The van der Waals surface area contributed by atoms with Crippen LogP contribution in [0.2, 0.25) is 0 Å². The van der Waals surface area contributed by atoms with E-state index < -0.39 is 5.54 Å². The highest BCUT2D eigenvalue weighted by molar-refractivity contribution is 5.97. The minimum Gasteiger partial charge on any atom is -0.497 e. The highest BCUT2D eigenvalue weighted by atomic mass is 16.5. The first-order valence-corrected chi connectivity index (χ1v) is 8.54. The molecule has 2 aliphatic heterocycles. The number of carbonyl (C=O) groups is 2. The average molecular weight is 341 g/mol. The van der Waals surface area contributed by atoms with Gasteiger partial charge in [-0.25, -0.2) is 0 Å². The fourth-order valence-electron chi connectivity index (χ4n) is 3.77. The standard InChI is InChI=1S/C19H23N3O3/c1-13(2)17(23)22-11-15(9-20)8-19(22)12-21(18(19)24)10-14-4-6-16(25-3)7-5-14/h4-7,13,15H,8,10-12H2,1-3H3/t15-,19?/m1/s1. The Kier molecular flexibility index (Phi) is 4.42. The van der Waals surface area contributed by atoms with Crippen LogP contribution in [0.3, 0.4) is 0 Å². The number of methoxy groups -OCH3 is 1. The van der Waals surface area contributed by atoms with Crippen molar-refractivity contribution >= 4 is 11.8 Å². The van der Waals surface area contributed by atoms with Gasteiger partial charge in [-0.2, -0.15) is 5.26 Å². The van der Waals surface area contributed by atoms with Crippen molar-refractivity contribution in [3.05, 3.63) is 29.8 Å². The Morgan fingerprint density at radius 3 is 2.60 bits per heavy atom. The molecule has 0 aliphatic carbocycles. The van der Waals surface area contributed by atoms with E-state index in [-0.39, 0.29) is 23.7 Å². The van der Waals surface area contributed by atoms with E-state index in [4.69, 9.17) is 4.74 Å². The minimum absolute atomic E-state index is 0.0461. The van der Waals surface area contributed by atoms with Gasteiger partial charge in [0.1, 0.15) is 11.3 Å². The number of nitriles is 1. The molecule has 2 saturated heterocycles. The molecule has 0 radical (unpaired) electrons. The van der Waals surface area contributed by atoms with Gasteiger partial charge in [0.25, 0.3) is 5.91 Å². The van der Waals surface area contributed by atoms with Gasteiger partial charge >= 0.3 is 0 Å². The summed E-state index contributed by atoms with van der Waals surface area (Å²) < 4.78 is 5.14. The van der Waals surface area contributed by atoms with Gasteiger partial charge in [-0.05, 0) is 24.1 Å². The van der Waals surface area contributed by atoms with Gasteiger partial charge in [-0.15, -0.1) is 0 Å². The molecule has 25 heavy (non-hydrogen) atoms. The van der Waals surface area contributed by atoms with Crippen molar-refractivity contribution in [2.45, 2.75) is 32.4 Å². The third-order valence-corrected chi connectivity index (χ3v) is 5.12. The van der Waals surface area contributed by atoms with Crippen LogP contribution in [0.5, 0.6) is 5.75 Å². The largest absolute Gasteiger partial charge is 0.497 e. The lowest BCUT2D eigenvalue weighted by Gasteiger charge is -2.51. The monoisotopic (exact) mass is 341 g/mol. The minimum atomic E-state index is -0.811. The lowest BCUT2D eigenvalue weighted by molar-refractivity contribution is -0.169. The third kappa shape index (κ3) is 2.84. The molecule has 1 aromatic carbocycles. The first-order valence-electron chi connectivity index (χ1n) is 8.54. The summed E-state index contributed by atoms with van der Waals surface area (Å²) in [7, 11) is 1.61. The van der Waals surface area contributed by atoms with Crippen LogP contribution < -0.4 is 4.74 Å². The summed E-state index contributed by atoms with van der Waals surface area (Å²) in [6.45, 7) is 5.01. The Balaban J connectivity index is 1.74. The molecule has 6 heteroatoms. The molecule has 0 N–H and O–H groups in total. The highest BCUT2D eigenvalue weighted by Gasteiger charge is 2.62. The zero-order chi connectivity index (χ0) is 18.2. The lowest BCUT2D eigenvalue weighted by atomic mass is 9.82. The second-order valence-electron chi connectivity index (χ2n) is 7.17. The maximum absolute atomic E-state index is 12.9. The fourth-order valence-corrected chi connectivity index (χ4v) is 3.77. The van der Waals surface area contributed by atoms with Gasteiger partial charge in [0.05, 0.1) is 25.6 Å². The molecule has 2 aliphatic rings. The van der Waals surface area contributed by atoms with E-state index in [0.717, 1.165) is 11.3 Å². The molecule has 0 aromatic heterocycles. The molecule has 2 amide bonds. The molecule has 1 aromatic rings. The van der Waals surface area contributed by atoms with Crippen LogP contribution in [-0.4, -0.2) is 47.4 Å². The van der Waals surface area contributed by atoms with E-state index >= 15 is 0 Å². The molecular weight excluding hydrogens is 318 g/mol. The van der Waals surface area contributed by atoms with Crippen LogP contribution >= 0.6 is 0 Å². The topological polar surface area (TPSA) is 73.6 Å². The van der Waals surface area contributed by atoms with E-state index in [2.05, 4.69) is 6.07 Å². The van der Waals surface area contributed by atoms with Gasteiger partial charge in [0.2, 0.25) is 5.91 Å². The van der Waals surface area contributed by atoms with E-state index in [0.29, 0.717) is 26.1 Å². The number of amides is 2. The zero-order valence-corrected chi connectivity index (χ0v) is 14.9. The second-order valence-corrected chi connectivity index (χ2v) is 7.17. The van der Waals surface area contributed by atoms with Crippen LogP contribution in [-0.2, 0) is 16.1 Å². The highest BCUT2D eigenvalue weighted by Crippen LogP contribution is 2.42. The Morgan fingerprint density at radius 1 is 1.40 bits per heavy atom. The van der Waals surface area contributed by atoms with E-state index in [9.17, 15) is 14.9 Å². The van der Waals surface area contributed by atoms with E-state index in [1.807, 2.05) is 38.1 Å². The van der Waals surface area contributed by atoms with E-state index in [1.54, 1.807) is 16.9 Å². The van der Waals surface area contributed by atoms with Crippen molar-refractivity contribution in [2.24, 2.45) is 11.8 Å². The quantitative estimate of drug-likeness (QED) is 0.783. The number of likely N-dealkylation sites (tertiary alicyclic amines) is 2. The summed E-state index contributed by atoms with van der Waals surface area (Å²) in [5, 5.41) is 9.27. The van der Waals surface area contributed by atoms with Gasteiger partial charge in [0.15, 0.2) is 0 Å². The molecular formula is C19H23N3O3. The molecule has 132 valence electrons. The summed E-state index contributed by atoms with van der Waals surface area (Å²) in [5.41, 5.74) is 0.203. The second kappa shape index (κ2) is 6.40. The number of hydrogen-bond acceptors (Lipinski definition) is 4. The molecule has 2 fully saturated rings. The fraction of sp³-hybridized carbons (Fsp3) is 0.526. The number of carbonyl (C=O) groups excluding carboxylic acids is 2. The van der Waals surface area contributed by atoms with Gasteiger partial charge in [-0.1, -0.05) is 26.0 Å². The molecule has 3 rings (SSSR count). The third-order valence-electron chi connectivity index (χ3n) is 5.12. The van der Waals surface area contributed by atoms with Crippen molar-refractivity contribution in [3.63, 3.8) is 0 Å². The maximum Gasteiger partial charge on any atom is 0.250 e. The molecule has 2 atom stereocenters. The van der Waals surface area contributed by atoms with Crippen LogP contribution in [0, 0.1) is 23.2 Å². The van der Waals surface area contributed by atoms with Crippen molar-refractivity contribution in [1.82, 2.24) is 9.80 Å². The Labute approximate surface area is 148 Å². The molecule has 1 unspecified atom stereocenters. The molecule has 6 nitrogen and oxygen atoms in total. The smallest absolute Gasteiger partial charge is 0.250 e. The first kappa shape index (κ1) is 17.3. The normalized spacial score (nSPS) is 25.2. The van der Waals surface area contributed by atoms with Crippen molar-refractivity contribution < 1.29 is 14.3 Å². The number of ether oxygens (including phenoxy) is 1. The Hall–Kier alpha value is -2.55. The van der Waals surface area contributed by atoms with E-state index in [1.165, 1.54) is 0 Å². The van der Waals surface area contributed by atoms with Gasteiger partial charge in [0, 0.05) is 19.0 Å². The molecule has 0 bridgehead atoms. The van der Waals surface area contributed by atoms with Crippen molar-refractivity contribution in [2.75, 3.05) is 20.2 Å². The number of rotatable bonds is 4. The van der Waals surface area contributed by atoms with Gasteiger partial charge in [-0.3, -0.25) is 9.59 Å². The molecule has 0 saturated carbocycles. The Bertz CT molecular complexity index is 722. The summed E-state index contributed by atoms with van der Waals surface area (Å²) >= 11 is 0. The number of β-lactam (4-membered cyclic amide) rings is 1. The van der Waals surface area contributed by atoms with Crippen molar-refractivity contribution in [3.8, 4) is 11.8 Å². The average Bonchev–Trinajstić information content (AvgIpc) is 3.02. The predicted octanol–water partition coefficient (Wildman–Crippen LogP) is 1.80. The molecule has 2 heterocycles. The first-order chi connectivity index (χ1) is 11.9. The van der Waals surface area contributed by atoms with Gasteiger partial charge < -0.3 is 14.5 Å². The summed E-state index contributed by atoms with van der Waals surface area (Å²) in [5.74, 6) is 0.231. The number of benzene rings is 1. The van der Waals surface area contributed by atoms with Crippen LogP contribution in [0.25, 0.3) is 0 Å². The van der Waals surface area contributed by atoms with Crippen molar-refractivity contribution in [1.29, 1.82) is 5.26 Å². The summed E-state index contributed by atoms with van der Waals surface area (Å²) in [6.07, 6.45) is 0.444. The predicted molar refractivity (Wildman–Crippen MR) is 91.4 cm³/mol. The summed E-state index contributed by atoms with van der Waals surface area (Å²) in [4.78, 5) is 28.8. The lowest BCUT2D eigenvalue weighted by Crippen LogP contribution is -2.72. The Morgan fingerprint density at radius 2 is 2.08 bits per heavy atom. The van der Waals surface area contributed by atoms with Crippen LogP contribution in [0.1, 0.15) is 25.8 Å².